The Labute approximate surface area is 144 Å². The fraction of sp³-hybridized carbons (Fsp3) is 0.438. The van der Waals surface area contributed by atoms with E-state index in [1.165, 1.54) is 10.4 Å². The molecule has 120 valence electrons. The van der Waals surface area contributed by atoms with Crippen LogP contribution < -0.4 is 0 Å². The predicted octanol–water partition coefficient (Wildman–Crippen LogP) is 3.52. The zero-order valence-electron chi connectivity index (χ0n) is 13.5. The smallest absolute Gasteiger partial charge is 0.254 e. The van der Waals surface area contributed by atoms with Gasteiger partial charge in [0.1, 0.15) is 0 Å². The first kappa shape index (κ1) is 15.0. The molecule has 4 rings (SSSR count). The van der Waals surface area contributed by atoms with Crippen molar-refractivity contribution in [2.75, 3.05) is 6.54 Å². The van der Waals surface area contributed by atoms with Gasteiger partial charge in [0.25, 0.3) is 5.78 Å². The zero-order valence-corrected chi connectivity index (χ0v) is 15.1. The molecule has 1 aliphatic rings. The summed E-state index contributed by atoms with van der Waals surface area (Å²) in [5, 5.41) is 6.82. The minimum Gasteiger partial charge on any atom is -0.277 e. The van der Waals surface area contributed by atoms with Crippen molar-refractivity contribution in [3.05, 3.63) is 44.1 Å². The monoisotopic (exact) mass is 345 g/mol. The van der Waals surface area contributed by atoms with Crippen LogP contribution in [0.5, 0.6) is 0 Å². The van der Waals surface area contributed by atoms with E-state index in [0.717, 1.165) is 24.4 Å². The van der Waals surface area contributed by atoms with Crippen molar-refractivity contribution < 1.29 is 0 Å². The van der Waals surface area contributed by atoms with Crippen LogP contribution in [0.25, 0.3) is 5.78 Å². The molecule has 0 fully saturated rings. The van der Waals surface area contributed by atoms with E-state index in [1.54, 1.807) is 0 Å². The summed E-state index contributed by atoms with van der Waals surface area (Å²) in [5.74, 6) is 0.688. The molecule has 0 radical (unpaired) electrons. The van der Waals surface area contributed by atoms with Gasteiger partial charge in [-0.05, 0) is 62.5 Å². The van der Waals surface area contributed by atoms with Gasteiger partial charge in [-0.3, -0.25) is 9.30 Å². The van der Waals surface area contributed by atoms with Crippen molar-refractivity contribution in [2.24, 2.45) is 0 Å². The van der Waals surface area contributed by atoms with Crippen molar-refractivity contribution in [3.63, 3.8) is 0 Å². The lowest BCUT2D eigenvalue weighted by Gasteiger charge is -2.33. The van der Waals surface area contributed by atoms with Crippen LogP contribution in [0.3, 0.4) is 0 Å². The van der Waals surface area contributed by atoms with Crippen molar-refractivity contribution in [1.29, 1.82) is 0 Å². The molecule has 4 heterocycles. The Balaban J connectivity index is 1.70. The molecule has 0 saturated heterocycles. The topological polar surface area (TPSA) is 38.4 Å². The number of aromatic nitrogens is 4. The van der Waals surface area contributed by atoms with Crippen molar-refractivity contribution in [1.82, 2.24) is 24.1 Å². The summed E-state index contributed by atoms with van der Waals surface area (Å²) in [6, 6.07) is 4.68. The number of nitrogens with zero attached hydrogens (tertiary/aromatic N) is 5. The molecular formula is C16H19N5S2. The van der Waals surface area contributed by atoms with Crippen molar-refractivity contribution in [3.8, 4) is 0 Å². The number of hydrogen-bond acceptors (Lipinski definition) is 5. The van der Waals surface area contributed by atoms with Gasteiger partial charge in [-0.25, -0.2) is 9.67 Å². The first-order valence-corrected chi connectivity index (χ1v) is 9.07. The molecule has 0 aliphatic carbocycles. The number of fused-ring (bicyclic) bond motifs is 2. The van der Waals surface area contributed by atoms with Gasteiger partial charge in [0, 0.05) is 28.9 Å². The average Bonchev–Trinajstić information content (AvgIpc) is 3.08. The maximum Gasteiger partial charge on any atom is 0.254 e. The maximum absolute atomic E-state index is 5.62. The molecule has 1 atom stereocenters. The summed E-state index contributed by atoms with van der Waals surface area (Å²) in [6.45, 7) is 8.04. The zero-order chi connectivity index (χ0) is 16.1. The largest absolute Gasteiger partial charge is 0.277 e. The summed E-state index contributed by atoms with van der Waals surface area (Å²) >= 11 is 7.49. The summed E-state index contributed by atoms with van der Waals surface area (Å²) in [4.78, 5) is 8.45. The van der Waals surface area contributed by atoms with Gasteiger partial charge < -0.3 is 0 Å². The molecular weight excluding hydrogens is 326 g/mol. The Morgan fingerprint density at radius 1 is 1.39 bits per heavy atom. The fourth-order valence-corrected chi connectivity index (χ4v) is 4.64. The third kappa shape index (κ3) is 2.43. The highest BCUT2D eigenvalue weighted by atomic mass is 32.1. The van der Waals surface area contributed by atoms with E-state index in [1.807, 2.05) is 40.3 Å². The molecule has 1 aliphatic heterocycles. The number of aryl methyl sites for hydroxylation is 2. The standard InChI is InChI=1S/C16H19N5S2/c1-10-8-11(2)21-15(17-10)18-20(16(21)22)9-19-6-4-14-13(12(19)3)5-7-23-14/h5,7-8,12H,4,6,9H2,1-3H3/t12-/m0/s1. The second-order valence-electron chi connectivity index (χ2n) is 6.14. The minimum atomic E-state index is 0.396. The fourth-order valence-electron chi connectivity index (χ4n) is 3.35. The first-order valence-electron chi connectivity index (χ1n) is 7.79. The molecule has 0 unspecified atom stereocenters. The summed E-state index contributed by atoms with van der Waals surface area (Å²) in [7, 11) is 0. The van der Waals surface area contributed by atoms with Gasteiger partial charge in [-0.15, -0.1) is 16.4 Å². The van der Waals surface area contributed by atoms with E-state index in [-0.39, 0.29) is 0 Å². The quantitative estimate of drug-likeness (QED) is 0.666. The van der Waals surface area contributed by atoms with Crippen LogP contribution in [-0.4, -0.2) is 30.6 Å². The third-order valence-electron chi connectivity index (χ3n) is 4.59. The summed E-state index contributed by atoms with van der Waals surface area (Å²) in [6.07, 6.45) is 1.11. The van der Waals surface area contributed by atoms with Gasteiger partial charge in [0.2, 0.25) is 4.77 Å². The summed E-state index contributed by atoms with van der Waals surface area (Å²) < 4.78 is 4.57. The third-order valence-corrected chi connectivity index (χ3v) is 5.98. The van der Waals surface area contributed by atoms with Gasteiger partial charge in [-0.1, -0.05) is 0 Å². The van der Waals surface area contributed by atoms with E-state index in [9.17, 15) is 0 Å². The molecule has 7 heteroatoms. The second kappa shape index (κ2) is 5.51. The Bertz CT molecular complexity index is 936. The molecule has 0 saturated carbocycles. The highest BCUT2D eigenvalue weighted by Gasteiger charge is 2.25. The van der Waals surface area contributed by atoms with Crippen molar-refractivity contribution in [2.45, 2.75) is 39.9 Å². The van der Waals surface area contributed by atoms with Crippen molar-refractivity contribution >= 4 is 29.3 Å². The molecule has 3 aromatic rings. The Morgan fingerprint density at radius 2 is 2.22 bits per heavy atom. The summed E-state index contributed by atoms with van der Waals surface area (Å²) in [5.41, 5.74) is 3.49. The van der Waals surface area contributed by atoms with Gasteiger partial charge in [0.15, 0.2) is 0 Å². The lowest BCUT2D eigenvalue weighted by atomic mass is 10.0. The van der Waals surface area contributed by atoms with E-state index in [2.05, 4.69) is 33.4 Å². The molecule has 5 nitrogen and oxygen atoms in total. The van der Waals surface area contributed by atoms with Crippen LogP contribution >= 0.6 is 23.6 Å². The minimum absolute atomic E-state index is 0.396. The van der Waals surface area contributed by atoms with Crippen LogP contribution in [0.1, 0.15) is 34.8 Å². The normalized spacial score (nSPS) is 18.5. The lowest BCUT2D eigenvalue weighted by Crippen LogP contribution is -2.35. The van der Waals surface area contributed by atoms with Crippen LogP contribution in [0.2, 0.25) is 0 Å². The SMILES string of the molecule is Cc1cc(C)n2c(=S)n(CN3CCc4sccc4[C@@H]3C)nc2n1. The molecule has 0 N–H and O–H groups in total. The van der Waals surface area contributed by atoms with Crippen LogP contribution in [0.4, 0.5) is 0 Å². The molecule has 0 amide bonds. The van der Waals surface area contributed by atoms with Crippen LogP contribution in [0, 0.1) is 18.6 Å². The van der Waals surface area contributed by atoms with Gasteiger partial charge in [0.05, 0.1) is 6.67 Å². The molecule has 23 heavy (non-hydrogen) atoms. The van der Waals surface area contributed by atoms with Gasteiger partial charge >= 0.3 is 0 Å². The Hall–Kier alpha value is -1.57. The van der Waals surface area contributed by atoms with E-state index in [0.29, 0.717) is 23.3 Å². The second-order valence-corrected chi connectivity index (χ2v) is 7.50. The lowest BCUT2D eigenvalue weighted by molar-refractivity contribution is 0.144. The van der Waals surface area contributed by atoms with E-state index in [4.69, 9.17) is 12.2 Å². The average molecular weight is 345 g/mol. The molecule has 0 spiro atoms. The van der Waals surface area contributed by atoms with Crippen LogP contribution in [-0.2, 0) is 13.1 Å². The highest BCUT2D eigenvalue weighted by Crippen LogP contribution is 2.32. The molecule has 0 aromatic carbocycles. The predicted molar refractivity (Wildman–Crippen MR) is 94.4 cm³/mol. The van der Waals surface area contributed by atoms with E-state index >= 15 is 0 Å². The highest BCUT2D eigenvalue weighted by molar-refractivity contribution is 7.71. The Kier molecular flexibility index (Phi) is 3.59. The number of thiophene rings is 1. The van der Waals surface area contributed by atoms with Crippen LogP contribution in [0.15, 0.2) is 17.5 Å². The van der Waals surface area contributed by atoms with Gasteiger partial charge in [-0.2, -0.15) is 0 Å². The number of hydrogen-bond donors (Lipinski definition) is 0. The Morgan fingerprint density at radius 3 is 3.04 bits per heavy atom. The first-order chi connectivity index (χ1) is 11.0. The maximum atomic E-state index is 5.62. The molecule has 3 aromatic heterocycles. The number of rotatable bonds is 2. The van der Waals surface area contributed by atoms with E-state index < -0.39 is 0 Å². The molecule has 0 bridgehead atoms.